The maximum absolute atomic E-state index is 12.4. The first-order valence-electron chi connectivity index (χ1n) is 6.96. The van der Waals surface area contributed by atoms with Gasteiger partial charge in [0.25, 0.3) is 5.91 Å². The molecule has 2 aromatic rings. The van der Waals surface area contributed by atoms with Crippen molar-refractivity contribution < 1.29 is 9.53 Å². The second-order valence-electron chi connectivity index (χ2n) is 5.03. The third-order valence-electron chi connectivity index (χ3n) is 3.60. The van der Waals surface area contributed by atoms with Gasteiger partial charge in [-0.15, -0.1) is 0 Å². The van der Waals surface area contributed by atoms with E-state index in [1.165, 1.54) is 0 Å². The second-order valence-corrected chi connectivity index (χ2v) is 5.03. The molecule has 5 heteroatoms. The topological polar surface area (TPSA) is 56.2 Å². The van der Waals surface area contributed by atoms with E-state index >= 15 is 0 Å². The number of nitrogens with zero attached hydrogens (tertiary/aromatic N) is 2. The molecule has 0 aliphatic heterocycles. The lowest BCUT2D eigenvalue weighted by molar-refractivity contribution is 0.102. The maximum Gasteiger partial charge on any atom is 0.256 e. The molecule has 0 atom stereocenters. The molecular weight excluding hydrogens is 266 g/mol. The Bertz CT molecular complexity index is 674. The van der Waals surface area contributed by atoms with Gasteiger partial charge >= 0.3 is 0 Å². The molecule has 0 aliphatic carbocycles. The van der Waals surface area contributed by atoms with Crippen molar-refractivity contribution in [3.63, 3.8) is 0 Å². The van der Waals surface area contributed by atoms with Crippen molar-refractivity contribution in [3.05, 3.63) is 40.6 Å². The standard InChI is InChI=1S/C16H21N3O2/c1-6-13-11(3)18-19(4)15(13)17-16(20)12-8-7-10(2)14(9-12)21-5/h7-9H,6H2,1-5H3,(H,17,20). The number of rotatable bonds is 4. The molecule has 21 heavy (non-hydrogen) atoms. The fourth-order valence-corrected chi connectivity index (χ4v) is 2.42. The molecule has 0 aliphatic rings. The van der Waals surface area contributed by atoms with Crippen molar-refractivity contribution in [2.45, 2.75) is 27.2 Å². The van der Waals surface area contributed by atoms with E-state index in [2.05, 4.69) is 17.3 Å². The molecule has 1 aromatic heterocycles. The molecule has 5 nitrogen and oxygen atoms in total. The number of aryl methyl sites for hydroxylation is 3. The first-order chi connectivity index (χ1) is 9.97. The van der Waals surface area contributed by atoms with Gasteiger partial charge in [0.2, 0.25) is 0 Å². The van der Waals surface area contributed by atoms with Crippen molar-refractivity contribution in [1.29, 1.82) is 0 Å². The van der Waals surface area contributed by atoms with Crippen LogP contribution in [0, 0.1) is 13.8 Å². The van der Waals surface area contributed by atoms with Crippen LogP contribution in [0.4, 0.5) is 5.82 Å². The van der Waals surface area contributed by atoms with Crippen molar-refractivity contribution in [3.8, 4) is 5.75 Å². The number of methoxy groups -OCH3 is 1. The SMILES string of the molecule is CCc1c(C)nn(C)c1NC(=O)c1ccc(C)c(OC)c1. The fraction of sp³-hybridized carbons (Fsp3) is 0.375. The summed E-state index contributed by atoms with van der Waals surface area (Å²) >= 11 is 0. The van der Waals surface area contributed by atoms with Gasteiger partial charge in [0, 0.05) is 18.2 Å². The third-order valence-corrected chi connectivity index (χ3v) is 3.60. The number of hydrogen-bond donors (Lipinski definition) is 1. The number of carbonyl (C=O) groups is 1. The van der Waals surface area contributed by atoms with Crippen molar-refractivity contribution in [2.75, 3.05) is 12.4 Å². The van der Waals surface area contributed by atoms with Gasteiger partial charge in [-0.05, 0) is 38.0 Å². The van der Waals surface area contributed by atoms with Gasteiger partial charge in [-0.25, -0.2) is 0 Å². The highest BCUT2D eigenvalue weighted by atomic mass is 16.5. The summed E-state index contributed by atoms with van der Waals surface area (Å²) in [5.41, 5.74) is 3.57. The Hall–Kier alpha value is -2.30. The molecule has 1 heterocycles. The molecule has 1 N–H and O–H groups in total. The highest BCUT2D eigenvalue weighted by Gasteiger charge is 2.16. The van der Waals surface area contributed by atoms with Crippen LogP contribution in [0.15, 0.2) is 18.2 Å². The van der Waals surface area contributed by atoms with Crippen molar-refractivity contribution >= 4 is 11.7 Å². The Morgan fingerprint density at radius 1 is 1.38 bits per heavy atom. The van der Waals surface area contributed by atoms with E-state index in [0.717, 1.165) is 29.1 Å². The lowest BCUT2D eigenvalue weighted by atomic mass is 10.1. The van der Waals surface area contributed by atoms with Gasteiger partial charge < -0.3 is 10.1 Å². The van der Waals surface area contributed by atoms with E-state index in [1.54, 1.807) is 23.9 Å². The summed E-state index contributed by atoms with van der Waals surface area (Å²) in [5.74, 6) is 1.30. The minimum absolute atomic E-state index is 0.161. The van der Waals surface area contributed by atoms with Crippen molar-refractivity contribution in [2.24, 2.45) is 7.05 Å². The lowest BCUT2D eigenvalue weighted by Crippen LogP contribution is -2.16. The average molecular weight is 287 g/mol. The van der Waals surface area contributed by atoms with Gasteiger partial charge in [-0.3, -0.25) is 9.48 Å². The molecule has 0 bridgehead atoms. The molecule has 0 unspecified atom stereocenters. The summed E-state index contributed by atoms with van der Waals surface area (Å²) < 4.78 is 6.97. The molecule has 2 rings (SSSR count). The number of aromatic nitrogens is 2. The smallest absolute Gasteiger partial charge is 0.256 e. The molecule has 112 valence electrons. The van der Waals surface area contributed by atoms with Crippen LogP contribution in [0.3, 0.4) is 0 Å². The average Bonchev–Trinajstić information content (AvgIpc) is 2.73. The van der Waals surface area contributed by atoms with E-state index in [9.17, 15) is 4.79 Å². The van der Waals surface area contributed by atoms with Crippen LogP contribution in [0.25, 0.3) is 0 Å². The molecule has 0 saturated carbocycles. The summed E-state index contributed by atoms with van der Waals surface area (Å²) in [5, 5.41) is 7.30. The summed E-state index contributed by atoms with van der Waals surface area (Å²) in [6.07, 6.45) is 0.826. The number of hydrogen-bond acceptors (Lipinski definition) is 3. The maximum atomic E-state index is 12.4. The molecule has 0 spiro atoms. The predicted molar refractivity (Wildman–Crippen MR) is 83.0 cm³/mol. The Balaban J connectivity index is 2.30. The summed E-state index contributed by atoms with van der Waals surface area (Å²) in [6, 6.07) is 5.42. The molecular formula is C16H21N3O2. The van der Waals surface area contributed by atoms with Crippen LogP contribution in [-0.4, -0.2) is 22.8 Å². The summed E-state index contributed by atoms with van der Waals surface area (Å²) in [6.45, 7) is 5.94. The largest absolute Gasteiger partial charge is 0.496 e. The van der Waals surface area contributed by atoms with Crippen LogP contribution in [-0.2, 0) is 13.5 Å². The zero-order valence-electron chi connectivity index (χ0n) is 13.2. The summed E-state index contributed by atoms with van der Waals surface area (Å²) in [7, 11) is 3.43. The number of benzene rings is 1. The molecule has 0 fully saturated rings. The second kappa shape index (κ2) is 5.99. The minimum atomic E-state index is -0.161. The van der Waals surface area contributed by atoms with Gasteiger partial charge in [0.05, 0.1) is 12.8 Å². The zero-order chi connectivity index (χ0) is 15.6. The van der Waals surface area contributed by atoms with E-state index in [0.29, 0.717) is 11.3 Å². The van der Waals surface area contributed by atoms with E-state index < -0.39 is 0 Å². The van der Waals surface area contributed by atoms with Gasteiger partial charge in [0.15, 0.2) is 0 Å². The predicted octanol–water partition coefficient (Wildman–Crippen LogP) is 2.86. The van der Waals surface area contributed by atoms with Crippen LogP contribution in [0.5, 0.6) is 5.75 Å². The summed E-state index contributed by atoms with van der Waals surface area (Å²) in [4.78, 5) is 12.4. The Kier molecular flexibility index (Phi) is 4.31. The number of ether oxygens (including phenoxy) is 1. The quantitative estimate of drug-likeness (QED) is 0.940. The first kappa shape index (κ1) is 15.1. The molecule has 1 aromatic carbocycles. The Morgan fingerprint density at radius 3 is 2.71 bits per heavy atom. The monoisotopic (exact) mass is 287 g/mol. The zero-order valence-corrected chi connectivity index (χ0v) is 13.2. The first-order valence-corrected chi connectivity index (χ1v) is 6.96. The van der Waals surface area contributed by atoms with Crippen LogP contribution in [0.2, 0.25) is 0 Å². The number of nitrogens with one attached hydrogen (secondary N) is 1. The van der Waals surface area contributed by atoms with Crippen molar-refractivity contribution in [1.82, 2.24) is 9.78 Å². The Labute approximate surface area is 124 Å². The molecule has 1 amide bonds. The Morgan fingerprint density at radius 2 is 2.10 bits per heavy atom. The van der Waals surface area contributed by atoms with Gasteiger partial charge in [0.1, 0.15) is 11.6 Å². The number of anilines is 1. The molecule has 0 saturated heterocycles. The molecule has 0 radical (unpaired) electrons. The highest BCUT2D eigenvalue weighted by Crippen LogP contribution is 2.22. The number of amides is 1. The highest BCUT2D eigenvalue weighted by molar-refractivity contribution is 6.04. The van der Waals surface area contributed by atoms with Crippen LogP contribution >= 0.6 is 0 Å². The van der Waals surface area contributed by atoms with E-state index in [-0.39, 0.29) is 5.91 Å². The third kappa shape index (κ3) is 2.91. The minimum Gasteiger partial charge on any atom is -0.496 e. The van der Waals surface area contributed by atoms with Gasteiger partial charge in [-0.1, -0.05) is 13.0 Å². The van der Waals surface area contributed by atoms with E-state index in [1.807, 2.05) is 27.0 Å². The lowest BCUT2D eigenvalue weighted by Gasteiger charge is -2.10. The van der Waals surface area contributed by atoms with Gasteiger partial charge in [-0.2, -0.15) is 5.10 Å². The normalized spacial score (nSPS) is 10.5. The number of carbonyl (C=O) groups excluding carboxylic acids is 1. The fourth-order valence-electron chi connectivity index (χ4n) is 2.42. The van der Waals surface area contributed by atoms with Crippen LogP contribution < -0.4 is 10.1 Å². The van der Waals surface area contributed by atoms with Crippen LogP contribution in [0.1, 0.15) is 34.1 Å². The van der Waals surface area contributed by atoms with E-state index in [4.69, 9.17) is 4.74 Å².